The molecule has 0 aliphatic heterocycles. The topological polar surface area (TPSA) is 64.4 Å². The third-order valence-corrected chi connectivity index (χ3v) is 2.60. The predicted molar refractivity (Wildman–Crippen MR) is 73.5 cm³/mol. The molecule has 1 atom stereocenters. The Labute approximate surface area is 111 Å². The molecule has 104 valence electrons. The largest absolute Gasteiger partial charge is 0.385 e. The van der Waals surface area contributed by atoms with Crippen LogP contribution in [0.25, 0.3) is 0 Å². The minimum absolute atomic E-state index is 0. The van der Waals surface area contributed by atoms with E-state index in [0.717, 1.165) is 38.7 Å². The summed E-state index contributed by atoms with van der Waals surface area (Å²) in [4.78, 5) is 11.7. The lowest BCUT2D eigenvalue weighted by Crippen LogP contribution is -2.51. The Hall–Kier alpha value is -0.320. The van der Waals surface area contributed by atoms with Crippen LogP contribution >= 0.6 is 12.4 Å². The highest BCUT2D eigenvalue weighted by atomic mass is 35.5. The standard InChI is InChI=1S/C12H26N2O2.ClH/c1-4-8-12(2,13)11(15)14-9-6-5-7-10-16-3;/h4-10,13H2,1-3H3,(H,14,15);1H. The molecule has 0 aromatic heterocycles. The van der Waals surface area contributed by atoms with Crippen molar-refractivity contribution in [3.05, 3.63) is 0 Å². The van der Waals surface area contributed by atoms with Crippen molar-refractivity contribution in [3.8, 4) is 0 Å². The van der Waals surface area contributed by atoms with E-state index in [4.69, 9.17) is 10.5 Å². The van der Waals surface area contributed by atoms with Crippen LogP contribution in [0.1, 0.15) is 46.0 Å². The molecule has 0 bridgehead atoms. The quantitative estimate of drug-likeness (QED) is 0.626. The second-order valence-electron chi connectivity index (χ2n) is 4.48. The van der Waals surface area contributed by atoms with Crippen molar-refractivity contribution in [2.75, 3.05) is 20.3 Å². The maximum atomic E-state index is 11.7. The highest BCUT2D eigenvalue weighted by molar-refractivity contribution is 5.85. The molecule has 0 rings (SSSR count). The Kier molecular flexibility index (Phi) is 12.1. The third-order valence-electron chi connectivity index (χ3n) is 2.60. The van der Waals surface area contributed by atoms with Crippen molar-refractivity contribution in [1.82, 2.24) is 5.32 Å². The number of rotatable bonds is 9. The van der Waals surface area contributed by atoms with Crippen molar-refractivity contribution < 1.29 is 9.53 Å². The number of halogens is 1. The third kappa shape index (κ3) is 9.39. The zero-order valence-electron chi connectivity index (χ0n) is 11.3. The van der Waals surface area contributed by atoms with Crippen LogP contribution in [-0.4, -0.2) is 31.7 Å². The summed E-state index contributed by atoms with van der Waals surface area (Å²) in [5.74, 6) is -0.0407. The fraction of sp³-hybridized carbons (Fsp3) is 0.917. The molecular weight excluding hydrogens is 240 g/mol. The van der Waals surface area contributed by atoms with Gasteiger partial charge in [0.1, 0.15) is 0 Å². The van der Waals surface area contributed by atoms with Gasteiger partial charge in [-0.05, 0) is 32.6 Å². The number of nitrogens with two attached hydrogens (primary N) is 1. The molecule has 0 aliphatic rings. The van der Waals surface area contributed by atoms with Gasteiger partial charge in [0.2, 0.25) is 5.91 Å². The van der Waals surface area contributed by atoms with Crippen molar-refractivity contribution in [2.24, 2.45) is 5.73 Å². The second-order valence-corrected chi connectivity index (χ2v) is 4.48. The molecule has 17 heavy (non-hydrogen) atoms. The van der Waals surface area contributed by atoms with Crippen LogP contribution in [-0.2, 0) is 9.53 Å². The Morgan fingerprint density at radius 2 is 2.00 bits per heavy atom. The zero-order chi connectivity index (χ0) is 12.4. The number of ether oxygens (including phenoxy) is 1. The number of methoxy groups -OCH3 is 1. The van der Waals surface area contributed by atoms with Crippen LogP contribution in [0.15, 0.2) is 0 Å². The molecule has 1 amide bonds. The van der Waals surface area contributed by atoms with E-state index in [1.54, 1.807) is 14.0 Å². The molecular formula is C12H27ClN2O2. The van der Waals surface area contributed by atoms with E-state index in [9.17, 15) is 4.79 Å². The van der Waals surface area contributed by atoms with E-state index in [2.05, 4.69) is 5.32 Å². The first-order valence-corrected chi connectivity index (χ1v) is 6.10. The summed E-state index contributed by atoms with van der Waals surface area (Å²) in [7, 11) is 1.70. The lowest BCUT2D eigenvalue weighted by atomic mass is 9.96. The van der Waals surface area contributed by atoms with Crippen molar-refractivity contribution in [3.63, 3.8) is 0 Å². The zero-order valence-corrected chi connectivity index (χ0v) is 12.1. The monoisotopic (exact) mass is 266 g/mol. The molecule has 0 fully saturated rings. The number of hydrogen-bond donors (Lipinski definition) is 2. The fourth-order valence-electron chi connectivity index (χ4n) is 1.58. The van der Waals surface area contributed by atoms with E-state index in [1.165, 1.54) is 0 Å². The predicted octanol–water partition coefficient (Wildman–Crippen LogP) is 1.86. The number of hydrogen-bond acceptors (Lipinski definition) is 3. The van der Waals surface area contributed by atoms with Crippen LogP contribution in [0.4, 0.5) is 0 Å². The van der Waals surface area contributed by atoms with Gasteiger partial charge in [-0.2, -0.15) is 0 Å². The Morgan fingerprint density at radius 1 is 1.35 bits per heavy atom. The van der Waals surface area contributed by atoms with E-state index in [1.807, 2.05) is 6.92 Å². The van der Waals surface area contributed by atoms with Gasteiger partial charge >= 0.3 is 0 Å². The van der Waals surface area contributed by atoms with Gasteiger partial charge < -0.3 is 15.8 Å². The van der Waals surface area contributed by atoms with Crippen molar-refractivity contribution in [1.29, 1.82) is 0 Å². The average molecular weight is 267 g/mol. The summed E-state index contributed by atoms with van der Waals surface area (Å²) in [5, 5.41) is 2.88. The molecule has 0 saturated carbocycles. The SMILES string of the molecule is CCCC(C)(N)C(=O)NCCCCCOC.Cl. The molecule has 0 aliphatic carbocycles. The highest BCUT2D eigenvalue weighted by Crippen LogP contribution is 2.08. The summed E-state index contributed by atoms with van der Waals surface area (Å²) in [6.45, 7) is 5.32. The summed E-state index contributed by atoms with van der Waals surface area (Å²) in [6.07, 6.45) is 4.75. The average Bonchev–Trinajstić information content (AvgIpc) is 2.22. The molecule has 5 heteroatoms. The van der Waals surface area contributed by atoms with Gasteiger partial charge in [-0.3, -0.25) is 4.79 Å². The maximum Gasteiger partial charge on any atom is 0.239 e. The Balaban J connectivity index is 0. The first kappa shape index (κ1) is 19.0. The summed E-state index contributed by atoms with van der Waals surface area (Å²) < 4.78 is 4.95. The molecule has 1 unspecified atom stereocenters. The molecule has 0 spiro atoms. The minimum atomic E-state index is -0.721. The Bertz CT molecular complexity index is 199. The van der Waals surface area contributed by atoms with E-state index in [0.29, 0.717) is 6.54 Å². The van der Waals surface area contributed by atoms with Crippen LogP contribution in [0.5, 0.6) is 0 Å². The number of nitrogens with one attached hydrogen (secondary N) is 1. The smallest absolute Gasteiger partial charge is 0.239 e. The number of carbonyl (C=O) groups is 1. The van der Waals surface area contributed by atoms with Gasteiger partial charge in [0, 0.05) is 20.3 Å². The second kappa shape index (κ2) is 10.8. The Morgan fingerprint density at radius 3 is 2.53 bits per heavy atom. The van der Waals surface area contributed by atoms with Gasteiger partial charge in [0.25, 0.3) is 0 Å². The summed E-state index contributed by atoms with van der Waals surface area (Å²) >= 11 is 0. The van der Waals surface area contributed by atoms with Crippen LogP contribution in [0, 0.1) is 0 Å². The van der Waals surface area contributed by atoms with Crippen LogP contribution < -0.4 is 11.1 Å². The number of unbranched alkanes of at least 4 members (excludes halogenated alkanes) is 2. The number of carbonyl (C=O) groups excluding carboxylic acids is 1. The van der Waals surface area contributed by atoms with E-state index < -0.39 is 5.54 Å². The summed E-state index contributed by atoms with van der Waals surface area (Å²) in [6, 6.07) is 0. The lowest BCUT2D eigenvalue weighted by molar-refractivity contribution is -0.126. The van der Waals surface area contributed by atoms with Gasteiger partial charge in [-0.15, -0.1) is 12.4 Å². The number of amides is 1. The first-order valence-electron chi connectivity index (χ1n) is 6.10. The maximum absolute atomic E-state index is 11.7. The lowest BCUT2D eigenvalue weighted by Gasteiger charge is -2.22. The van der Waals surface area contributed by atoms with E-state index in [-0.39, 0.29) is 18.3 Å². The van der Waals surface area contributed by atoms with Gasteiger partial charge in [-0.1, -0.05) is 13.3 Å². The normalized spacial score (nSPS) is 13.6. The van der Waals surface area contributed by atoms with Gasteiger partial charge in [0.15, 0.2) is 0 Å². The molecule has 0 aromatic carbocycles. The minimum Gasteiger partial charge on any atom is -0.385 e. The van der Waals surface area contributed by atoms with Gasteiger partial charge in [0.05, 0.1) is 5.54 Å². The molecule has 0 saturated heterocycles. The molecule has 3 N–H and O–H groups in total. The van der Waals surface area contributed by atoms with Gasteiger partial charge in [-0.25, -0.2) is 0 Å². The molecule has 0 heterocycles. The molecule has 0 radical (unpaired) electrons. The van der Waals surface area contributed by atoms with Crippen LogP contribution in [0.3, 0.4) is 0 Å². The fourth-order valence-corrected chi connectivity index (χ4v) is 1.58. The van der Waals surface area contributed by atoms with E-state index >= 15 is 0 Å². The molecule has 0 aromatic rings. The summed E-state index contributed by atoms with van der Waals surface area (Å²) in [5.41, 5.74) is 5.18. The van der Waals surface area contributed by atoms with Crippen molar-refractivity contribution in [2.45, 2.75) is 51.5 Å². The van der Waals surface area contributed by atoms with Crippen LogP contribution in [0.2, 0.25) is 0 Å². The molecule has 4 nitrogen and oxygen atoms in total. The highest BCUT2D eigenvalue weighted by Gasteiger charge is 2.26. The first-order chi connectivity index (χ1) is 7.54. The van der Waals surface area contributed by atoms with Crippen molar-refractivity contribution >= 4 is 18.3 Å².